The Hall–Kier alpha value is -3.12. The van der Waals surface area contributed by atoms with Gasteiger partial charge in [0.25, 0.3) is 0 Å². The molecule has 0 bridgehead atoms. The lowest BCUT2D eigenvalue weighted by molar-refractivity contribution is -0.138. The third kappa shape index (κ3) is 13.3. The van der Waals surface area contributed by atoms with Crippen molar-refractivity contribution in [3.05, 3.63) is 71.3 Å². The first-order chi connectivity index (χ1) is 21.5. The van der Waals surface area contributed by atoms with Crippen molar-refractivity contribution >= 4 is 30.1 Å². The molecule has 9 nitrogen and oxygen atoms in total. The Kier molecular flexibility index (Phi) is 17.1. The van der Waals surface area contributed by atoms with E-state index in [0.29, 0.717) is 70.3 Å². The molecular formula is C34H51ClF2N6O3. The number of piperidine rings is 1. The van der Waals surface area contributed by atoms with E-state index in [1.165, 1.54) is 6.07 Å². The van der Waals surface area contributed by atoms with Crippen LogP contribution in [0.5, 0.6) is 0 Å². The van der Waals surface area contributed by atoms with Crippen LogP contribution >= 0.6 is 12.4 Å². The molecule has 0 spiro atoms. The van der Waals surface area contributed by atoms with Gasteiger partial charge in [-0.1, -0.05) is 50.2 Å². The molecule has 1 saturated heterocycles. The van der Waals surface area contributed by atoms with Gasteiger partial charge in [-0.05, 0) is 80.7 Å². The average molecular weight is 665 g/mol. The molecule has 1 fully saturated rings. The number of nitrogens with zero attached hydrogens (tertiary/aromatic N) is 1. The molecule has 46 heavy (non-hydrogen) atoms. The summed E-state index contributed by atoms with van der Waals surface area (Å²) in [7, 11) is 0. The Morgan fingerprint density at radius 1 is 0.957 bits per heavy atom. The molecule has 1 heterocycles. The number of nitrogens with one attached hydrogen (secondary N) is 3. The molecule has 0 saturated carbocycles. The van der Waals surface area contributed by atoms with Crippen LogP contribution in [0, 0.1) is 17.6 Å². The van der Waals surface area contributed by atoms with E-state index in [0.717, 1.165) is 24.1 Å². The van der Waals surface area contributed by atoms with Gasteiger partial charge >= 0.3 is 0 Å². The second kappa shape index (κ2) is 20.2. The van der Waals surface area contributed by atoms with E-state index in [2.05, 4.69) is 29.8 Å². The summed E-state index contributed by atoms with van der Waals surface area (Å²) in [5, 5.41) is 9.32. The average Bonchev–Trinajstić information content (AvgIpc) is 3.01. The summed E-state index contributed by atoms with van der Waals surface area (Å²) < 4.78 is 26.7. The fourth-order valence-electron chi connectivity index (χ4n) is 5.64. The summed E-state index contributed by atoms with van der Waals surface area (Å²) in [5.74, 6) is -2.34. The van der Waals surface area contributed by atoms with Gasteiger partial charge in [0.1, 0.15) is 6.04 Å². The molecule has 3 atom stereocenters. The first-order valence-electron chi connectivity index (χ1n) is 16.1. The van der Waals surface area contributed by atoms with Gasteiger partial charge in [-0.3, -0.25) is 14.4 Å². The zero-order valence-corrected chi connectivity index (χ0v) is 27.8. The highest BCUT2D eigenvalue weighted by molar-refractivity contribution is 5.90. The maximum Gasteiger partial charge on any atom is 0.245 e. The van der Waals surface area contributed by atoms with Gasteiger partial charge in [0.2, 0.25) is 17.7 Å². The molecule has 3 amide bonds. The highest BCUT2D eigenvalue weighted by Crippen LogP contribution is 2.16. The third-order valence-electron chi connectivity index (χ3n) is 8.07. The van der Waals surface area contributed by atoms with Gasteiger partial charge in [0, 0.05) is 31.7 Å². The zero-order chi connectivity index (χ0) is 32.8. The molecule has 0 radical (unpaired) electrons. The van der Waals surface area contributed by atoms with Crippen molar-refractivity contribution in [3.8, 4) is 0 Å². The fraction of sp³-hybridized carbons (Fsp3) is 0.559. The number of amides is 3. The molecule has 12 heteroatoms. The van der Waals surface area contributed by atoms with Gasteiger partial charge in [-0.2, -0.15) is 0 Å². The van der Waals surface area contributed by atoms with Crippen LogP contribution in [0.3, 0.4) is 0 Å². The number of hydrogen-bond donors (Lipinski definition) is 5. The maximum absolute atomic E-state index is 13.7. The van der Waals surface area contributed by atoms with E-state index in [9.17, 15) is 23.2 Å². The molecule has 1 aliphatic heterocycles. The first kappa shape index (κ1) is 39.1. The Balaban J connectivity index is 0.00000736. The number of nitrogens with two attached hydrogens (primary N) is 2. The number of benzene rings is 2. The molecule has 7 N–H and O–H groups in total. The van der Waals surface area contributed by atoms with Crippen LogP contribution in [0.15, 0.2) is 48.5 Å². The van der Waals surface area contributed by atoms with Crippen LogP contribution in [0.2, 0.25) is 0 Å². The first-order valence-corrected chi connectivity index (χ1v) is 16.1. The number of carbonyl (C=O) groups is 3. The van der Waals surface area contributed by atoms with E-state index in [-0.39, 0.29) is 54.6 Å². The SMILES string of the molecule is CC(C)CC(NCC(N)Cc1ccccc1)C(=O)NC(CCCCN)C(=O)N1CCC(NC(=O)Cc2ccc(F)c(F)c2)CC1.Cl. The molecule has 0 aromatic heterocycles. The van der Waals surface area contributed by atoms with E-state index < -0.39 is 23.7 Å². The number of carbonyl (C=O) groups excluding carboxylic acids is 3. The highest BCUT2D eigenvalue weighted by Gasteiger charge is 2.31. The van der Waals surface area contributed by atoms with Crippen molar-refractivity contribution < 1.29 is 23.2 Å². The molecule has 3 unspecified atom stereocenters. The second-order valence-corrected chi connectivity index (χ2v) is 12.5. The normalized spacial score (nSPS) is 15.5. The fourth-order valence-corrected chi connectivity index (χ4v) is 5.64. The van der Waals surface area contributed by atoms with Crippen LogP contribution in [-0.4, -0.2) is 73.0 Å². The Bertz CT molecular complexity index is 1230. The predicted octanol–water partition coefficient (Wildman–Crippen LogP) is 3.22. The number of unbranched alkanes of at least 4 members (excludes halogenated alkanes) is 1. The van der Waals surface area contributed by atoms with Crippen molar-refractivity contribution in [1.29, 1.82) is 0 Å². The van der Waals surface area contributed by atoms with Crippen molar-refractivity contribution in [2.24, 2.45) is 17.4 Å². The Morgan fingerprint density at radius 3 is 2.28 bits per heavy atom. The summed E-state index contributed by atoms with van der Waals surface area (Å²) in [6.07, 6.45) is 4.25. The quantitative estimate of drug-likeness (QED) is 0.165. The van der Waals surface area contributed by atoms with Gasteiger partial charge in [0.15, 0.2) is 11.6 Å². The monoisotopic (exact) mass is 664 g/mol. The van der Waals surface area contributed by atoms with E-state index in [1.54, 1.807) is 4.90 Å². The third-order valence-corrected chi connectivity index (χ3v) is 8.07. The minimum atomic E-state index is -0.988. The standard InChI is InChI=1S/C34H50F2N6O3.ClH/c1-23(2)18-31(39-22-26(38)19-24-8-4-3-5-9-24)33(44)41-30(10-6-7-15-37)34(45)42-16-13-27(14-17-42)40-32(43)21-25-11-12-28(35)29(36)20-25;/h3-5,8-9,11-12,20,23,26-27,30-31,39H,6-7,10,13-19,21-22,37-38H2,1-2H3,(H,40,43)(H,41,44);1H. The van der Waals surface area contributed by atoms with E-state index >= 15 is 0 Å². The summed E-state index contributed by atoms with van der Waals surface area (Å²) in [5.41, 5.74) is 13.6. The lowest BCUT2D eigenvalue weighted by Gasteiger charge is -2.35. The highest BCUT2D eigenvalue weighted by atomic mass is 35.5. The van der Waals surface area contributed by atoms with Crippen LogP contribution in [0.25, 0.3) is 0 Å². The number of halogens is 3. The van der Waals surface area contributed by atoms with Gasteiger partial charge < -0.3 is 32.3 Å². The molecule has 3 rings (SSSR count). The van der Waals surface area contributed by atoms with Crippen molar-refractivity contribution in [2.45, 2.75) is 89.4 Å². The summed E-state index contributed by atoms with van der Waals surface area (Å²) >= 11 is 0. The summed E-state index contributed by atoms with van der Waals surface area (Å²) in [6, 6.07) is 11.9. The predicted molar refractivity (Wildman–Crippen MR) is 179 cm³/mol. The molecule has 2 aromatic rings. The largest absolute Gasteiger partial charge is 0.353 e. The zero-order valence-electron chi connectivity index (χ0n) is 27.0. The lowest BCUT2D eigenvalue weighted by Crippen LogP contribution is -2.56. The van der Waals surface area contributed by atoms with Crippen LogP contribution in [0.4, 0.5) is 8.78 Å². The maximum atomic E-state index is 13.7. The number of hydrogen-bond acceptors (Lipinski definition) is 6. The Morgan fingerprint density at radius 2 is 1.65 bits per heavy atom. The lowest BCUT2D eigenvalue weighted by atomic mass is 9.99. The minimum Gasteiger partial charge on any atom is -0.353 e. The molecular weight excluding hydrogens is 614 g/mol. The van der Waals surface area contributed by atoms with Crippen molar-refractivity contribution in [2.75, 3.05) is 26.2 Å². The summed E-state index contributed by atoms with van der Waals surface area (Å²) in [4.78, 5) is 41.5. The minimum absolute atomic E-state index is 0. The smallest absolute Gasteiger partial charge is 0.245 e. The molecule has 0 aliphatic carbocycles. The van der Waals surface area contributed by atoms with Crippen LogP contribution in [-0.2, 0) is 27.2 Å². The van der Waals surface area contributed by atoms with Crippen LogP contribution < -0.4 is 27.4 Å². The van der Waals surface area contributed by atoms with Gasteiger partial charge in [-0.15, -0.1) is 12.4 Å². The number of likely N-dealkylation sites (tertiary alicyclic amines) is 1. The van der Waals surface area contributed by atoms with E-state index in [1.807, 2.05) is 30.3 Å². The van der Waals surface area contributed by atoms with Crippen molar-refractivity contribution in [1.82, 2.24) is 20.9 Å². The topological polar surface area (TPSA) is 143 Å². The van der Waals surface area contributed by atoms with Gasteiger partial charge in [0.05, 0.1) is 12.5 Å². The van der Waals surface area contributed by atoms with E-state index in [4.69, 9.17) is 11.5 Å². The molecule has 1 aliphatic rings. The summed E-state index contributed by atoms with van der Waals surface area (Å²) in [6.45, 7) is 5.93. The molecule has 2 aromatic carbocycles. The van der Waals surface area contributed by atoms with Crippen molar-refractivity contribution in [3.63, 3.8) is 0 Å². The van der Waals surface area contributed by atoms with Gasteiger partial charge in [-0.25, -0.2) is 8.78 Å². The second-order valence-electron chi connectivity index (χ2n) is 12.5. The Labute approximate surface area is 278 Å². The molecule has 256 valence electrons. The van der Waals surface area contributed by atoms with Crippen LogP contribution in [0.1, 0.15) is 63.5 Å². The number of rotatable bonds is 17.